The zero-order valence-electron chi connectivity index (χ0n) is 44.9. The van der Waals surface area contributed by atoms with Gasteiger partial charge in [0, 0.05) is 18.8 Å². The fourth-order valence-corrected chi connectivity index (χ4v) is 10.7. The van der Waals surface area contributed by atoms with Crippen LogP contribution in [0.4, 0.5) is 0 Å². The van der Waals surface area contributed by atoms with Crippen LogP contribution in [0.15, 0.2) is 102 Å². The fraction of sp³-hybridized carbons (Fsp3) is 0.579. The van der Waals surface area contributed by atoms with Gasteiger partial charge in [-0.1, -0.05) is 116 Å². The van der Waals surface area contributed by atoms with Crippen LogP contribution in [0.5, 0.6) is 0 Å². The summed E-state index contributed by atoms with van der Waals surface area (Å²) in [6, 6.07) is 28.8. The minimum absolute atomic E-state index is 0. The summed E-state index contributed by atoms with van der Waals surface area (Å²) in [4.78, 5) is 0. The van der Waals surface area contributed by atoms with E-state index in [-0.39, 0.29) is 39.1 Å². The molecular formula is C57H80B2BrO20. The molecule has 5 aliphatic rings. The summed E-state index contributed by atoms with van der Waals surface area (Å²) in [5.41, 5.74) is 4.32. The highest BCUT2D eigenvalue weighted by atomic mass is 79.9. The quantitative estimate of drug-likeness (QED) is 0.0977. The summed E-state index contributed by atoms with van der Waals surface area (Å²) in [6.45, 7) is 10.6. The Morgan fingerprint density at radius 2 is 0.800 bits per heavy atom. The van der Waals surface area contributed by atoms with Crippen molar-refractivity contribution in [3.63, 3.8) is 0 Å². The van der Waals surface area contributed by atoms with Crippen LogP contribution in [0.2, 0.25) is 0 Å². The van der Waals surface area contributed by atoms with Gasteiger partial charge in [-0.15, -0.1) is 0 Å². The monoisotopic (exact) mass is 1190 g/mol. The molecule has 20 atom stereocenters. The largest absolute Gasteiger partial charge is 0.494 e. The smallest absolute Gasteiger partial charge is 0.399 e. The highest BCUT2D eigenvalue weighted by Crippen LogP contribution is 2.40. The van der Waals surface area contributed by atoms with Crippen molar-refractivity contribution < 1.29 is 99.7 Å². The van der Waals surface area contributed by atoms with E-state index in [0.29, 0.717) is 16.7 Å². The van der Waals surface area contributed by atoms with Crippen molar-refractivity contribution in [2.45, 2.75) is 183 Å². The third-order valence-electron chi connectivity index (χ3n) is 15.9. The van der Waals surface area contributed by atoms with Gasteiger partial charge in [-0.3, -0.25) is 0 Å². The molecule has 4 aromatic rings. The molecular weight excluding hydrogens is 1110 g/mol. The average Bonchev–Trinajstić information content (AvgIpc) is 3.68. The summed E-state index contributed by atoms with van der Waals surface area (Å²) in [5.74, 6) is -0.0877. The molecule has 3 radical (unpaired) electrons. The Morgan fingerprint density at radius 1 is 0.438 bits per heavy atom. The molecule has 441 valence electrons. The molecule has 5 fully saturated rings. The Morgan fingerprint density at radius 3 is 1.20 bits per heavy atom. The second-order valence-electron chi connectivity index (χ2n) is 21.6. The summed E-state index contributed by atoms with van der Waals surface area (Å²) < 4.78 is 35.7. The molecule has 0 amide bonds. The summed E-state index contributed by atoms with van der Waals surface area (Å²) in [6.07, 6.45) is -19.6. The topological polar surface area (TPSA) is 339 Å². The number of aliphatic hydroxyl groups excluding tert-OH is 14. The lowest BCUT2D eigenvalue weighted by Gasteiger charge is -2.41. The molecule has 0 saturated carbocycles. The van der Waals surface area contributed by atoms with E-state index in [2.05, 4.69) is 15.9 Å². The van der Waals surface area contributed by atoms with E-state index in [1.807, 2.05) is 77.9 Å². The van der Waals surface area contributed by atoms with Gasteiger partial charge in [0.05, 0.1) is 43.2 Å². The Labute approximate surface area is 478 Å². The number of ether oxygens (including phenoxy) is 4. The lowest BCUT2D eigenvalue weighted by atomic mass is 9.78. The standard InChI is InChI=1S/C24H30O10.C20H31BO5.C12H15BrO5.CH4.B/c25-9-15-17(27)19(29)21(31)23(33-15)12-6-4-11(5-7-12)13-2-1-3-14(8-13)24-22(32)20(30)18(28)16(10-26)34-24;1-7-15-12(2)16(22)17(23)18(24-15)13-8-10-14(11-9-13)21-25-19(3,4)20(5,6)26-21;13-7-3-1-2-6(4-7)12-11(17)10(16)9(15)8(5-14)18-12;;/h1-8,15-32H,9-10H2;8-12,15-18,22-23H,7H2,1-6H3;1-4,8-12,14-17H,5H2;1H4;/t15-,16-,17-,18-,19+,20+,21+,22+,23-,24-;12-,15-,16+,17+,18-;8-,9-,10+,11+,12-;;/m111../s1. The molecule has 14 N–H and O–H groups in total. The van der Waals surface area contributed by atoms with Crippen LogP contribution in [0.3, 0.4) is 0 Å². The molecule has 5 saturated heterocycles. The summed E-state index contributed by atoms with van der Waals surface area (Å²) >= 11 is 3.31. The molecule has 0 unspecified atom stereocenters. The van der Waals surface area contributed by atoms with Gasteiger partial charge in [-0.05, 0) is 91.2 Å². The second kappa shape index (κ2) is 28.5. The normalized spacial score (nSPS) is 36.4. The van der Waals surface area contributed by atoms with Crippen molar-refractivity contribution in [3.05, 3.63) is 124 Å². The van der Waals surface area contributed by atoms with Gasteiger partial charge in [0.1, 0.15) is 104 Å². The Balaban J connectivity index is 0.000000228. The van der Waals surface area contributed by atoms with Crippen molar-refractivity contribution >= 4 is 36.9 Å². The maximum absolute atomic E-state index is 10.5. The molecule has 5 heterocycles. The average molecular weight is 1190 g/mol. The second-order valence-corrected chi connectivity index (χ2v) is 22.6. The minimum Gasteiger partial charge on any atom is -0.399 e. The number of halogens is 1. The minimum atomic E-state index is -1.47. The van der Waals surface area contributed by atoms with E-state index in [4.69, 9.17) is 33.4 Å². The molecule has 80 heavy (non-hydrogen) atoms. The molecule has 0 aromatic heterocycles. The highest BCUT2D eigenvalue weighted by molar-refractivity contribution is 9.10. The molecule has 20 nitrogen and oxygen atoms in total. The van der Waals surface area contributed by atoms with Gasteiger partial charge in [0.2, 0.25) is 0 Å². The molecule has 5 aliphatic heterocycles. The van der Waals surface area contributed by atoms with Crippen LogP contribution in [0.1, 0.15) is 102 Å². The van der Waals surface area contributed by atoms with Crippen LogP contribution >= 0.6 is 15.9 Å². The predicted octanol–water partition coefficient (Wildman–Crippen LogP) is 0.796. The lowest BCUT2D eigenvalue weighted by molar-refractivity contribution is -0.231. The van der Waals surface area contributed by atoms with E-state index < -0.39 is 137 Å². The van der Waals surface area contributed by atoms with Crippen LogP contribution < -0.4 is 5.46 Å². The van der Waals surface area contributed by atoms with Gasteiger partial charge in [-0.2, -0.15) is 0 Å². The first kappa shape index (κ1) is 67.5. The maximum Gasteiger partial charge on any atom is 0.494 e. The highest BCUT2D eigenvalue weighted by Gasteiger charge is 2.52. The Kier molecular flexibility index (Phi) is 24.1. The van der Waals surface area contributed by atoms with Gasteiger partial charge in [0.15, 0.2) is 0 Å². The number of aliphatic hydroxyl groups is 14. The van der Waals surface area contributed by atoms with E-state index in [9.17, 15) is 66.4 Å². The van der Waals surface area contributed by atoms with E-state index in [1.165, 1.54) is 0 Å². The summed E-state index contributed by atoms with van der Waals surface area (Å²) in [5, 5.41) is 139. The SMILES string of the molecule is C.CC[C@H]1O[C@H](c2ccc(B3OC(C)(C)C(C)(C)O3)cc2)[C@@H](O)[C@@H](O)[C@@H]1C.OC[C@H]1O[C@H](c2ccc(-c3cccc([C@H]4O[C@H](CO)[C@@H](O)[C@H](O)[C@@H]4O)c3)cc2)[C@@H](O)[C@@H](O)[C@@H]1O.OC[C@H]1O[C@H](c2cccc(Br)c2)[C@@H](O)[C@@H](O)[C@@H]1O.[B]. The van der Waals surface area contributed by atoms with E-state index in [1.54, 1.807) is 60.7 Å². The number of hydrogen-bond acceptors (Lipinski definition) is 20. The molecule has 23 heteroatoms. The van der Waals surface area contributed by atoms with Crippen molar-refractivity contribution in [1.82, 2.24) is 0 Å². The first-order valence-electron chi connectivity index (χ1n) is 26.2. The van der Waals surface area contributed by atoms with E-state index >= 15 is 0 Å². The fourth-order valence-electron chi connectivity index (χ4n) is 10.2. The van der Waals surface area contributed by atoms with E-state index in [0.717, 1.165) is 33.0 Å². The van der Waals surface area contributed by atoms with Gasteiger partial charge >= 0.3 is 7.12 Å². The molecule has 4 aromatic carbocycles. The van der Waals surface area contributed by atoms with Gasteiger partial charge in [-0.25, -0.2) is 0 Å². The third kappa shape index (κ3) is 14.4. The predicted molar refractivity (Wildman–Crippen MR) is 298 cm³/mol. The Bertz CT molecular complexity index is 2510. The zero-order valence-corrected chi connectivity index (χ0v) is 46.4. The number of benzene rings is 4. The first-order chi connectivity index (χ1) is 36.9. The molecule has 0 aliphatic carbocycles. The third-order valence-corrected chi connectivity index (χ3v) is 16.4. The van der Waals surface area contributed by atoms with Crippen molar-refractivity contribution in [2.75, 3.05) is 19.8 Å². The molecule has 9 rings (SSSR count). The summed E-state index contributed by atoms with van der Waals surface area (Å²) in [7, 11) is -0.416. The van der Waals surface area contributed by atoms with Crippen LogP contribution in [-0.2, 0) is 28.3 Å². The number of rotatable bonds is 10. The zero-order chi connectivity index (χ0) is 57.1. The lowest BCUT2D eigenvalue weighted by Crippen LogP contribution is -2.55. The molecule has 0 bridgehead atoms. The van der Waals surface area contributed by atoms with Gasteiger partial charge < -0.3 is 99.7 Å². The number of hydrogen-bond donors (Lipinski definition) is 14. The van der Waals surface area contributed by atoms with Crippen molar-refractivity contribution in [3.8, 4) is 11.1 Å². The van der Waals surface area contributed by atoms with Crippen LogP contribution in [-0.4, -0.2) is 210 Å². The molecule has 0 spiro atoms. The van der Waals surface area contributed by atoms with Crippen molar-refractivity contribution in [1.29, 1.82) is 0 Å². The Hall–Kier alpha value is -3.31. The van der Waals surface area contributed by atoms with Gasteiger partial charge in [0.25, 0.3) is 0 Å². The van der Waals surface area contributed by atoms with Crippen LogP contribution in [0.25, 0.3) is 11.1 Å². The first-order valence-corrected chi connectivity index (χ1v) is 27.0. The van der Waals surface area contributed by atoms with Crippen LogP contribution in [0, 0.1) is 5.92 Å². The van der Waals surface area contributed by atoms with Crippen molar-refractivity contribution in [2.24, 2.45) is 5.92 Å². The maximum atomic E-state index is 10.5.